The standard InChI is InChI=1S/C25H29F4N5O5/c1-39-20-9-15(16(26)12-30-20)17-10-18(33-32-17)22(37)34-7-3-13(11-23(34)5-6-23)21(36)31-14-2-4-24(38,19(35)8-14)25(27,28)29/h9-10,12-14,19,35,38H,2-8,11H2,1H3,(H,31,36)(H,32,33)/t13?,14-,19-,24+/m0/s1. The summed E-state index contributed by atoms with van der Waals surface area (Å²) in [5, 5.41) is 29.3. The van der Waals surface area contributed by atoms with E-state index in [2.05, 4.69) is 20.5 Å². The molecule has 2 aliphatic carbocycles. The summed E-state index contributed by atoms with van der Waals surface area (Å²) >= 11 is 0. The molecule has 3 heterocycles. The minimum absolute atomic E-state index is 0.118. The fourth-order valence-corrected chi connectivity index (χ4v) is 5.72. The average molecular weight is 556 g/mol. The first-order valence-electron chi connectivity index (χ1n) is 12.7. The lowest BCUT2D eigenvalue weighted by atomic mass is 9.78. The summed E-state index contributed by atoms with van der Waals surface area (Å²) in [6.07, 6.45) is -5.10. The summed E-state index contributed by atoms with van der Waals surface area (Å²) in [5.41, 5.74) is -3.20. The summed E-state index contributed by atoms with van der Waals surface area (Å²) in [6, 6.07) is 2.13. The lowest BCUT2D eigenvalue weighted by molar-refractivity contribution is -0.300. The van der Waals surface area contributed by atoms with E-state index in [1.54, 1.807) is 4.90 Å². The monoisotopic (exact) mass is 555 g/mol. The number of pyridine rings is 1. The molecule has 0 aromatic carbocycles. The first-order valence-corrected chi connectivity index (χ1v) is 12.7. The van der Waals surface area contributed by atoms with Gasteiger partial charge in [-0.2, -0.15) is 18.3 Å². The third kappa shape index (κ3) is 4.95. The van der Waals surface area contributed by atoms with Crippen molar-refractivity contribution in [3.8, 4) is 17.1 Å². The molecule has 14 heteroatoms. The van der Waals surface area contributed by atoms with Gasteiger partial charge in [0, 0.05) is 35.7 Å². The van der Waals surface area contributed by atoms with E-state index in [0.29, 0.717) is 25.7 Å². The summed E-state index contributed by atoms with van der Waals surface area (Å²) in [7, 11) is 1.40. The molecule has 0 bridgehead atoms. The van der Waals surface area contributed by atoms with Gasteiger partial charge in [-0.3, -0.25) is 14.7 Å². The van der Waals surface area contributed by atoms with Crippen LogP contribution in [0.15, 0.2) is 18.3 Å². The number of hydrogen-bond acceptors (Lipinski definition) is 7. The molecule has 1 aliphatic heterocycles. The number of aliphatic hydroxyl groups is 2. The van der Waals surface area contributed by atoms with Gasteiger partial charge in [-0.1, -0.05) is 0 Å². The van der Waals surface area contributed by atoms with Gasteiger partial charge >= 0.3 is 6.18 Å². The van der Waals surface area contributed by atoms with Crippen molar-refractivity contribution < 1.29 is 42.1 Å². The molecule has 10 nitrogen and oxygen atoms in total. The third-order valence-electron chi connectivity index (χ3n) is 8.24. The van der Waals surface area contributed by atoms with E-state index in [1.807, 2.05) is 0 Å². The predicted octanol–water partition coefficient (Wildman–Crippen LogP) is 2.33. The fraction of sp³-hybridized carbons (Fsp3) is 0.600. The van der Waals surface area contributed by atoms with E-state index in [4.69, 9.17) is 4.74 Å². The van der Waals surface area contributed by atoms with Gasteiger partial charge in [-0.25, -0.2) is 9.37 Å². The molecule has 212 valence electrons. The van der Waals surface area contributed by atoms with E-state index in [0.717, 1.165) is 6.20 Å². The zero-order chi connectivity index (χ0) is 28.2. The first-order chi connectivity index (χ1) is 18.4. The molecule has 2 aromatic rings. The molecule has 39 heavy (non-hydrogen) atoms. The number of aromatic amines is 1. The molecule has 4 atom stereocenters. The van der Waals surface area contributed by atoms with Gasteiger partial charge in [0.2, 0.25) is 11.8 Å². The number of carbonyl (C=O) groups is 2. The number of carbonyl (C=O) groups excluding carboxylic acids is 2. The predicted molar refractivity (Wildman–Crippen MR) is 127 cm³/mol. The van der Waals surface area contributed by atoms with Gasteiger partial charge < -0.3 is 25.2 Å². The number of nitrogens with zero attached hydrogens (tertiary/aromatic N) is 3. The van der Waals surface area contributed by atoms with E-state index >= 15 is 0 Å². The largest absolute Gasteiger partial charge is 0.481 e. The molecule has 0 radical (unpaired) electrons. The summed E-state index contributed by atoms with van der Waals surface area (Å²) < 4.78 is 58.8. The second-order valence-electron chi connectivity index (χ2n) is 10.7. The lowest BCUT2D eigenvalue weighted by Crippen LogP contribution is -2.60. The quantitative estimate of drug-likeness (QED) is 0.415. The molecule has 5 rings (SSSR count). The second kappa shape index (κ2) is 9.73. The molecular weight excluding hydrogens is 526 g/mol. The van der Waals surface area contributed by atoms with Crippen LogP contribution in [0.25, 0.3) is 11.3 Å². The zero-order valence-electron chi connectivity index (χ0n) is 21.1. The van der Waals surface area contributed by atoms with Crippen LogP contribution in [0.4, 0.5) is 17.6 Å². The normalized spacial score (nSPS) is 28.3. The minimum atomic E-state index is -4.96. The third-order valence-corrected chi connectivity index (χ3v) is 8.24. The Bertz CT molecular complexity index is 1270. The van der Waals surface area contributed by atoms with Crippen LogP contribution in [-0.2, 0) is 4.79 Å². The van der Waals surface area contributed by atoms with Gasteiger partial charge in [-0.15, -0.1) is 0 Å². The van der Waals surface area contributed by atoms with Crippen LogP contribution >= 0.6 is 0 Å². The van der Waals surface area contributed by atoms with Gasteiger partial charge in [0.25, 0.3) is 5.91 Å². The number of alkyl halides is 3. The smallest absolute Gasteiger partial charge is 0.419 e. The topological polar surface area (TPSA) is 141 Å². The van der Waals surface area contributed by atoms with Crippen LogP contribution < -0.4 is 10.1 Å². The van der Waals surface area contributed by atoms with Gasteiger partial charge in [0.1, 0.15) is 5.69 Å². The Morgan fingerprint density at radius 3 is 2.62 bits per heavy atom. The maximum absolute atomic E-state index is 14.3. The van der Waals surface area contributed by atoms with Crippen molar-refractivity contribution in [1.82, 2.24) is 25.4 Å². The van der Waals surface area contributed by atoms with Crippen molar-refractivity contribution in [2.75, 3.05) is 13.7 Å². The molecule has 4 N–H and O–H groups in total. The highest BCUT2D eigenvalue weighted by molar-refractivity contribution is 5.94. The summed E-state index contributed by atoms with van der Waals surface area (Å²) in [6.45, 7) is 0.282. The van der Waals surface area contributed by atoms with E-state index in [-0.39, 0.29) is 47.6 Å². The Hall–Kier alpha value is -3.26. The Morgan fingerprint density at radius 1 is 1.23 bits per heavy atom. The fourth-order valence-electron chi connectivity index (χ4n) is 5.72. The SMILES string of the molecule is COc1cc(-c2cc(C(=O)N3CCC(C(=O)N[C@H]4CC[C@](O)(C(F)(F)F)[C@@H](O)C4)CC34CC4)[nH]n2)c(F)cn1. The van der Waals surface area contributed by atoms with E-state index in [9.17, 15) is 37.4 Å². The van der Waals surface area contributed by atoms with Crippen LogP contribution in [0, 0.1) is 11.7 Å². The maximum atomic E-state index is 14.3. The van der Waals surface area contributed by atoms with Gasteiger partial charge in [0.15, 0.2) is 11.4 Å². The van der Waals surface area contributed by atoms with Crippen LogP contribution in [0.1, 0.15) is 55.4 Å². The highest BCUT2D eigenvalue weighted by Gasteiger charge is 2.60. The van der Waals surface area contributed by atoms with Crippen LogP contribution in [0.5, 0.6) is 5.88 Å². The number of nitrogens with one attached hydrogen (secondary N) is 2. The molecule has 2 amide bonds. The number of likely N-dealkylation sites (tertiary alicyclic amines) is 1. The zero-order valence-corrected chi connectivity index (χ0v) is 21.1. The van der Waals surface area contributed by atoms with E-state index in [1.165, 1.54) is 19.2 Å². The summed E-state index contributed by atoms with van der Waals surface area (Å²) in [5.74, 6) is -1.55. The van der Waals surface area contributed by atoms with Crippen molar-refractivity contribution in [2.45, 2.75) is 74.4 Å². The number of piperidine rings is 1. The number of methoxy groups -OCH3 is 1. The van der Waals surface area contributed by atoms with Crippen molar-refractivity contribution in [3.63, 3.8) is 0 Å². The Kier molecular flexibility index (Phi) is 6.82. The minimum Gasteiger partial charge on any atom is -0.481 e. The molecule has 3 aliphatic rings. The van der Waals surface area contributed by atoms with Crippen molar-refractivity contribution in [2.24, 2.45) is 5.92 Å². The molecule has 1 saturated heterocycles. The maximum Gasteiger partial charge on any atom is 0.419 e. The number of ether oxygens (including phenoxy) is 1. The van der Waals surface area contributed by atoms with Crippen molar-refractivity contribution in [1.29, 1.82) is 0 Å². The Morgan fingerprint density at radius 2 is 1.97 bits per heavy atom. The summed E-state index contributed by atoms with van der Waals surface area (Å²) in [4.78, 5) is 31.8. The molecular formula is C25H29F4N5O5. The molecule has 2 saturated carbocycles. The number of rotatable bonds is 5. The van der Waals surface area contributed by atoms with Crippen LogP contribution in [0.2, 0.25) is 0 Å². The molecule has 2 aromatic heterocycles. The number of aromatic nitrogens is 3. The van der Waals surface area contributed by atoms with Gasteiger partial charge in [0.05, 0.1) is 25.1 Å². The van der Waals surface area contributed by atoms with Crippen LogP contribution in [-0.4, -0.2) is 85.2 Å². The second-order valence-corrected chi connectivity index (χ2v) is 10.7. The molecule has 1 unspecified atom stereocenters. The highest BCUT2D eigenvalue weighted by Crippen LogP contribution is 2.50. The van der Waals surface area contributed by atoms with Crippen LogP contribution in [0.3, 0.4) is 0 Å². The molecule has 1 spiro atoms. The lowest BCUT2D eigenvalue weighted by Gasteiger charge is -2.42. The number of halogens is 4. The van der Waals surface area contributed by atoms with Crippen molar-refractivity contribution in [3.05, 3.63) is 29.8 Å². The van der Waals surface area contributed by atoms with Gasteiger partial charge in [-0.05, 0) is 51.0 Å². The number of H-pyrrole nitrogens is 1. The number of hydrogen-bond donors (Lipinski definition) is 4. The number of amides is 2. The molecule has 3 fully saturated rings. The van der Waals surface area contributed by atoms with Crippen molar-refractivity contribution >= 4 is 11.8 Å². The first kappa shape index (κ1) is 27.3. The Balaban J connectivity index is 1.21. The van der Waals surface area contributed by atoms with E-state index < -0.39 is 54.0 Å². The average Bonchev–Trinajstić information content (AvgIpc) is 3.46. The number of aliphatic hydroxyl groups excluding tert-OH is 1. The Labute approximate surface area is 220 Å². The highest BCUT2D eigenvalue weighted by atomic mass is 19.4.